The van der Waals surface area contributed by atoms with Crippen LogP contribution in [0.25, 0.3) is 11.1 Å². The second kappa shape index (κ2) is 4.54. The van der Waals surface area contributed by atoms with Crippen LogP contribution in [0.5, 0.6) is 0 Å². The molecule has 5 heteroatoms. The molecule has 2 amide bonds. The van der Waals surface area contributed by atoms with Gasteiger partial charge in [-0.15, -0.1) is 0 Å². The zero-order valence-electron chi connectivity index (χ0n) is 10.3. The quantitative estimate of drug-likeness (QED) is 0.640. The number of hydroxylamine groups is 2. The van der Waals surface area contributed by atoms with E-state index in [2.05, 4.69) is 0 Å². The third-order valence-electron chi connectivity index (χ3n) is 3.29. The van der Waals surface area contributed by atoms with E-state index in [1.807, 2.05) is 0 Å². The molecular weight excluding hydrogens is 261 g/mol. The predicted molar refractivity (Wildman–Crippen MR) is 68.5 cm³/mol. The van der Waals surface area contributed by atoms with Crippen molar-refractivity contribution in [2.24, 2.45) is 0 Å². The van der Waals surface area contributed by atoms with Crippen molar-refractivity contribution in [2.45, 2.75) is 6.42 Å². The smallest absolute Gasteiger partial charge is 0.278 e. The van der Waals surface area contributed by atoms with E-state index >= 15 is 0 Å². The van der Waals surface area contributed by atoms with Crippen molar-refractivity contribution in [3.05, 3.63) is 59.4 Å². The minimum Gasteiger partial charge on any atom is -0.278 e. The highest BCUT2D eigenvalue weighted by molar-refractivity contribution is 6.09. The Morgan fingerprint density at radius 1 is 1.00 bits per heavy atom. The van der Waals surface area contributed by atoms with E-state index in [-0.39, 0.29) is 22.9 Å². The first-order valence-corrected chi connectivity index (χ1v) is 6.01. The molecule has 1 N–H and O–H groups in total. The summed E-state index contributed by atoms with van der Waals surface area (Å²) in [6.07, 6.45) is -0.0126. The van der Waals surface area contributed by atoms with Gasteiger partial charge in [0.1, 0.15) is 5.82 Å². The molecule has 0 spiro atoms. The monoisotopic (exact) mass is 271 g/mol. The number of fused-ring (bicyclic) bond motifs is 1. The number of carbonyl (C=O) groups is 2. The van der Waals surface area contributed by atoms with Crippen molar-refractivity contribution >= 4 is 11.8 Å². The Morgan fingerprint density at radius 3 is 2.35 bits per heavy atom. The van der Waals surface area contributed by atoms with E-state index in [0.717, 1.165) is 11.1 Å². The highest BCUT2D eigenvalue weighted by Crippen LogP contribution is 2.26. The van der Waals surface area contributed by atoms with E-state index in [9.17, 15) is 19.2 Å². The minimum absolute atomic E-state index is 0.0126. The molecule has 1 heterocycles. The molecule has 1 aliphatic rings. The van der Waals surface area contributed by atoms with Gasteiger partial charge in [0.2, 0.25) is 0 Å². The average Bonchev–Trinajstić information content (AvgIpc) is 2.46. The van der Waals surface area contributed by atoms with Crippen LogP contribution in [-0.2, 0) is 11.2 Å². The van der Waals surface area contributed by atoms with Gasteiger partial charge in [-0.2, -0.15) is 5.06 Å². The molecule has 20 heavy (non-hydrogen) atoms. The van der Waals surface area contributed by atoms with Crippen LogP contribution in [0.4, 0.5) is 4.39 Å². The van der Waals surface area contributed by atoms with Crippen molar-refractivity contribution in [2.75, 3.05) is 0 Å². The number of halogens is 1. The number of amides is 2. The third-order valence-corrected chi connectivity index (χ3v) is 3.29. The molecule has 2 aromatic rings. The minimum atomic E-state index is -0.736. The molecule has 4 nitrogen and oxygen atoms in total. The summed E-state index contributed by atoms with van der Waals surface area (Å²) in [6.45, 7) is 0. The molecular formula is C15H10FNO3. The Bertz CT molecular complexity index is 710. The highest BCUT2D eigenvalue weighted by atomic mass is 19.1. The number of hydrogen-bond donors (Lipinski definition) is 1. The summed E-state index contributed by atoms with van der Waals surface area (Å²) >= 11 is 0. The number of nitrogens with zero attached hydrogens (tertiary/aromatic N) is 1. The van der Waals surface area contributed by atoms with Crippen LogP contribution in [0.2, 0.25) is 0 Å². The lowest BCUT2D eigenvalue weighted by atomic mass is 9.94. The second-order valence-corrected chi connectivity index (χ2v) is 4.57. The molecule has 0 unspecified atom stereocenters. The van der Waals surface area contributed by atoms with Crippen LogP contribution in [0.3, 0.4) is 0 Å². The van der Waals surface area contributed by atoms with Crippen LogP contribution in [0.1, 0.15) is 15.9 Å². The lowest BCUT2D eigenvalue weighted by molar-refractivity contribution is -0.153. The molecule has 100 valence electrons. The zero-order valence-corrected chi connectivity index (χ0v) is 10.3. The van der Waals surface area contributed by atoms with Crippen LogP contribution in [0.15, 0.2) is 42.5 Å². The maximum atomic E-state index is 12.9. The fourth-order valence-electron chi connectivity index (χ4n) is 2.22. The Labute approximate surface area is 114 Å². The molecule has 0 atom stereocenters. The average molecular weight is 271 g/mol. The number of rotatable bonds is 1. The summed E-state index contributed by atoms with van der Waals surface area (Å²) in [5.41, 5.74) is 2.34. The molecule has 0 aliphatic carbocycles. The topological polar surface area (TPSA) is 57.6 Å². The van der Waals surface area contributed by atoms with E-state index in [0.29, 0.717) is 5.56 Å². The van der Waals surface area contributed by atoms with Gasteiger partial charge >= 0.3 is 0 Å². The summed E-state index contributed by atoms with van der Waals surface area (Å²) in [5, 5.41) is 9.51. The molecule has 0 saturated carbocycles. The molecule has 2 aromatic carbocycles. The van der Waals surface area contributed by atoms with Crippen LogP contribution >= 0.6 is 0 Å². The van der Waals surface area contributed by atoms with Gasteiger partial charge in [0, 0.05) is 5.56 Å². The fourth-order valence-corrected chi connectivity index (χ4v) is 2.22. The summed E-state index contributed by atoms with van der Waals surface area (Å²) < 4.78 is 12.9. The molecule has 0 bridgehead atoms. The third kappa shape index (κ3) is 1.98. The first-order valence-electron chi connectivity index (χ1n) is 6.01. The maximum absolute atomic E-state index is 12.9. The van der Waals surface area contributed by atoms with Crippen LogP contribution < -0.4 is 0 Å². The van der Waals surface area contributed by atoms with Crippen molar-refractivity contribution in [3.8, 4) is 11.1 Å². The van der Waals surface area contributed by atoms with Gasteiger partial charge in [0.05, 0.1) is 6.42 Å². The van der Waals surface area contributed by atoms with E-state index in [1.54, 1.807) is 30.3 Å². The van der Waals surface area contributed by atoms with Gasteiger partial charge in [-0.25, -0.2) is 4.39 Å². The Balaban J connectivity index is 2.07. The molecule has 0 saturated heterocycles. The molecule has 0 aromatic heterocycles. The normalized spacial score (nSPS) is 14.4. The van der Waals surface area contributed by atoms with Crippen molar-refractivity contribution in [3.63, 3.8) is 0 Å². The lowest BCUT2D eigenvalue weighted by Crippen LogP contribution is -2.39. The standard InChI is InChI=1S/C15H10FNO3/c16-12-5-3-9(4-6-12)10-1-2-11-8-14(18)17(20)15(19)13(11)7-10/h1-7,20H,8H2. The number of benzene rings is 2. The van der Waals surface area contributed by atoms with E-state index in [4.69, 9.17) is 0 Å². The second-order valence-electron chi connectivity index (χ2n) is 4.57. The van der Waals surface area contributed by atoms with Gasteiger partial charge in [0.25, 0.3) is 11.8 Å². The fraction of sp³-hybridized carbons (Fsp3) is 0.0667. The first-order chi connectivity index (χ1) is 9.56. The SMILES string of the molecule is O=C1Cc2ccc(-c3ccc(F)cc3)cc2C(=O)N1O. The van der Waals surface area contributed by atoms with Crippen molar-refractivity contribution < 1.29 is 19.2 Å². The van der Waals surface area contributed by atoms with Gasteiger partial charge in [-0.05, 0) is 34.9 Å². The van der Waals surface area contributed by atoms with E-state index < -0.39 is 11.8 Å². The van der Waals surface area contributed by atoms with Crippen LogP contribution in [-0.4, -0.2) is 22.1 Å². The molecule has 3 rings (SSSR count). The Hall–Kier alpha value is -2.53. The number of imide groups is 1. The summed E-state index contributed by atoms with van der Waals surface area (Å²) in [4.78, 5) is 23.2. The number of hydrogen-bond acceptors (Lipinski definition) is 3. The molecule has 0 radical (unpaired) electrons. The highest BCUT2D eigenvalue weighted by Gasteiger charge is 2.30. The van der Waals surface area contributed by atoms with Crippen molar-refractivity contribution in [1.82, 2.24) is 5.06 Å². The van der Waals surface area contributed by atoms with Gasteiger partial charge < -0.3 is 0 Å². The zero-order chi connectivity index (χ0) is 14.3. The lowest BCUT2D eigenvalue weighted by Gasteiger charge is -2.21. The summed E-state index contributed by atoms with van der Waals surface area (Å²) in [5.74, 6) is -1.72. The van der Waals surface area contributed by atoms with Gasteiger partial charge in [-0.3, -0.25) is 14.8 Å². The van der Waals surface area contributed by atoms with Crippen molar-refractivity contribution in [1.29, 1.82) is 0 Å². The first kappa shape index (κ1) is 12.5. The number of carbonyl (C=O) groups excluding carboxylic acids is 2. The van der Waals surface area contributed by atoms with Gasteiger partial charge in [-0.1, -0.05) is 24.3 Å². The van der Waals surface area contributed by atoms with Gasteiger partial charge in [0.15, 0.2) is 0 Å². The molecule has 1 aliphatic heterocycles. The Kier molecular flexibility index (Phi) is 2.84. The predicted octanol–water partition coefficient (Wildman–Crippen LogP) is 2.41. The maximum Gasteiger partial charge on any atom is 0.284 e. The van der Waals surface area contributed by atoms with E-state index in [1.165, 1.54) is 12.1 Å². The summed E-state index contributed by atoms with van der Waals surface area (Å²) in [6, 6.07) is 10.9. The molecule has 0 fully saturated rings. The largest absolute Gasteiger partial charge is 0.284 e. The van der Waals surface area contributed by atoms with Crippen LogP contribution in [0, 0.1) is 5.82 Å². The summed E-state index contributed by atoms with van der Waals surface area (Å²) in [7, 11) is 0. The Morgan fingerprint density at radius 2 is 1.65 bits per heavy atom.